The van der Waals surface area contributed by atoms with Crippen LogP contribution < -0.4 is 10.2 Å². The first-order valence-electron chi connectivity index (χ1n) is 7.29. The Hall–Kier alpha value is -1.84. The zero-order valence-electron chi connectivity index (χ0n) is 12.4. The first-order chi connectivity index (χ1) is 9.58. The molecule has 108 valence electrons. The molecule has 0 bridgehead atoms. The van der Waals surface area contributed by atoms with E-state index in [0.717, 1.165) is 30.5 Å². The molecule has 1 N–H and O–H groups in total. The van der Waals surface area contributed by atoms with Crippen LogP contribution in [0.3, 0.4) is 0 Å². The lowest BCUT2D eigenvalue weighted by atomic mass is 10.0. The highest BCUT2D eigenvalue weighted by Gasteiger charge is 2.36. The second kappa shape index (κ2) is 6.07. The molecule has 1 atom stereocenters. The van der Waals surface area contributed by atoms with Crippen LogP contribution in [0.1, 0.15) is 50.8 Å². The molecule has 2 amide bonds. The van der Waals surface area contributed by atoms with E-state index >= 15 is 0 Å². The second-order valence-electron chi connectivity index (χ2n) is 5.21. The Morgan fingerprint density at radius 1 is 1.35 bits per heavy atom. The standard InChI is InChI=1S/C16H22N2O2/c1-4-6-7-12-8-9-14-13(10-12)15(17-11(3)19)16(20)18(14)5-2/h8-10,15H,4-7H2,1-3H3,(H,17,19)/t15-/m1/s1. The fourth-order valence-electron chi connectivity index (χ4n) is 2.69. The SMILES string of the molecule is CCCCc1ccc2c(c1)[C@@H](NC(C)=O)C(=O)N2CC. The average Bonchev–Trinajstić information content (AvgIpc) is 2.68. The highest BCUT2D eigenvalue weighted by molar-refractivity contribution is 6.06. The van der Waals surface area contributed by atoms with E-state index in [-0.39, 0.29) is 11.8 Å². The lowest BCUT2D eigenvalue weighted by molar-refractivity contribution is -0.126. The highest BCUT2D eigenvalue weighted by atomic mass is 16.2. The summed E-state index contributed by atoms with van der Waals surface area (Å²) in [6.07, 6.45) is 3.29. The summed E-state index contributed by atoms with van der Waals surface area (Å²) in [5, 5.41) is 2.77. The minimum Gasteiger partial charge on any atom is -0.341 e. The summed E-state index contributed by atoms with van der Waals surface area (Å²) in [6.45, 7) is 6.18. The molecule has 1 aliphatic heterocycles. The molecule has 0 aromatic heterocycles. The minimum absolute atomic E-state index is 0.0367. The molecule has 1 aromatic carbocycles. The topological polar surface area (TPSA) is 49.4 Å². The van der Waals surface area contributed by atoms with Crippen LogP contribution in [0.15, 0.2) is 18.2 Å². The van der Waals surface area contributed by atoms with Crippen LogP contribution in [0.2, 0.25) is 0 Å². The number of carbonyl (C=O) groups is 2. The molecule has 0 saturated heterocycles. The number of anilines is 1. The van der Waals surface area contributed by atoms with E-state index < -0.39 is 6.04 Å². The second-order valence-corrected chi connectivity index (χ2v) is 5.21. The number of carbonyl (C=O) groups excluding carboxylic acids is 2. The van der Waals surface area contributed by atoms with E-state index in [4.69, 9.17) is 0 Å². The molecule has 1 heterocycles. The van der Waals surface area contributed by atoms with Gasteiger partial charge in [-0.2, -0.15) is 0 Å². The van der Waals surface area contributed by atoms with E-state index in [1.54, 1.807) is 4.90 Å². The fraction of sp³-hybridized carbons (Fsp3) is 0.500. The van der Waals surface area contributed by atoms with Crippen molar-refractivity contribution in [2.24, 2.45) is 0 Å². The van der Waals surface area contributed by atoms with Crippen molar-refractivity contribution in [2.45, 2.75) is 46.1 Å². The van der Waals surface area contributed by atoms with Gasteiger partial charge in [-0.1, -0.05) is 25.5 Å². The van der Waals surface area contributed by atoms with E-state index in [1.165, 1.54) is 12.5 Å². The Morgan fingerprint density at radius 3 is 2.70 bits per heavy atom. The summed E-state index contributed by atoms with van der Waals surface area (Å²) >= 11 is 0. The van der Waals surface area contributed by atoms with Gasteiger partial charge in [0.2, 0.25) is 5.91 Å². The third kappa shape index (κ3) is 2.69. The summed E-state index contributed by atoms with van der Waals surface area (Å²) in [5.41, 5.74) is 3.09. The fourth-order valence-corrected chi connectivity index (χ4v) is 2.69. The number of amides is 2. The Kier molecular flexibility index (Phi) is 4.42. The molecule has 4 heteroatoms. The van der Waals surface area contributed by atoms with Gasteiger partial charge in [0.15, 0.2) is 0 Å². The molecular weight excluding hydrogens is 252 g/mol. The van der Waals surface area contributed by atoms with Gasteiger partial charge in [0.25, 0.3) is 5.91 Å². The van der Waals surface area contributed by atoms with Gasteiger partial charge in [0.1, 0.15) is 6.04 Å². The smallest absolute Gasteiger partial charge is 0.254 e. The van der Waals surface area contributed by atoms with Gasteiger partial charge >= 0.3 is 0 Å². The number of likely N-dealkylation sites (N-methyl/N-ethyl adjacent to an activating group) is 1. The van der Waals surface area contributed by atoms with Gasteiger partial charge in [-0.3, -0.25) is 9.59 Å². The summed E-state index contributed by atoms with van der Waals surface area (Å²) in [4.78, 5) is 25.4. The quantitative estimate of drug-likeness (QED) is 0.897. The van der Waals surface area contributed by atoms with Crippen LogP contribution >= 0.6 is 0 Å². The molecule has 1 aromatic rings. The Balaban J connectivity index is 2.35. The Bertz CT molecular complexity index is 525. The van der Waals surface area contributed by atoms with Gasteiger partial charge < -0.3 is 10.2 Å². The van der Waals surface area contributed by atoms with Crippen molar-refractivity contribution >= 4 is 17.5 Å². The van der Waals surface area contributed by atoms with Crippen LogP contribution in [-0.2, 0) is 16.0 Å². The maximum absolute atomic E-state index is 12.4. The summed E-state index contributed by atoms with van der Waals surface area (Å²) < 4.78 is 0. The average molecular weight is 274 g/mol. The van der Waals surface area contributed by atoms with Crippen molar-refractivity contribution in [3.05, 3.63) is 29.3 Å². The molecule has 0 spiro atoms. The van der Waals surface area contributed by atoms with E-state index in [1.807, 2.05) is 13.0 Å². The number of rotatable bonds is 5. The van der Waals surface area contributed by atoms with Crippen molar-refractivity contribution in [3.63, 3.8) is 0 Å². The van der Waals surface area contributed by atoms with Gasteiger partial charge in [-0.25, -0.2) is 0 Å². The number of fused-ring (bicyclic) bond motifs is 1. The van der Waals surface area contributed by atoms with E-state index in [0.29, 0.717) is 6.54 Å². The molecule has 2 rings (SSSR count). The van der Waals surface area contributed by atoms with E-state index in [2.05, 4.69) is 24.4 Å². The summed E-state index contributed by atoms with van der Waals surface area (Å²) in [5.74, 6) is -0.212. The number of benzene rings is 1. The zero-order chi connectivity index (χ0) is 14.7. The van der Waals surface area contributed by atoms with Crippen molar-refractivity contribution < 1.29 is 9.59 Å². The van der Waals surface area contributed by atoms with Gasteiger partial charge in [-0.15, -0.1) is 0 Å². The van der Waals surface area contributed by atoms with Crippen LogP contribution in [0.4, 0.5) is 5.69 Å². The molecule has 4 nitrogen and oxygen atoms in total. The normalized spacial score (nSPS) is 17.2. The van der Waals surface area contributed by atoms with Crippen molar-refractivity contribution in [1.82, 2.24) is 5.32 Å². The van der Waals surface area contributed by atoms with Crippen molar-refractivity contribution in [2.75, 3.05) is 11.4 Å². The maximum Gasteiger partial charge on any atom is 0.254 e. The number of hydrogen-bond acceptors (Lipinski definition) is 2. The first kappa shape index (κ1) is 14.6. The summed E-state index contributed by atoms with van der Waals surface area (Å²) in [6, 6.07) is 5.63. The van der Waals surface area contributed by atoms with Crippen molar-refractivity contribution in [3.8, 4) is 0 Å². The third-order valence-electron chi connectivity index (χ3n) is 3.69. The van der Waals surface area contributed by atoms with Crippen LogP contribution in [0.25, 0.3) is 0 Å². The van der Waals surface area contributed by atoms with Crippen LogP contribution in [0, 0.1) is 0 Å². The molecule has 1 aliphatic rings. The van der Waals surface area contributed by atoms with Crippen LogP contribution in [0.5, 0.6) is 0 Å². The number of aryl methyl sites for hydroxylation is 1. The molecule has 0 fully saturated rings. The van der Waals surface area contributed by atoms with E-state index in [9.17, 15) is 9.59 Å². The molecule has 20 heavy (non-hydrogen) atoms. The molecule has 0 unspecified atom stereocenters. The van der Waals surface area contributed by atoms with Crippen LogP contribution in [-0.4, -0.2) is 18.4 Å². The number of nitrogens with zero attached hydrogens (tertiary/aromatic N) is 1. The highest BCUT2D eigenvalue weighted by Crippen LogP contribution is 2.36. The molecule has 0 aliphatic carbocycles. The number of unbranched alkanes of at least 4 members (excludes halogenated alkanes) is 1. The maximum atomic E-state index is 12.4. The Labute approximate surface area is 120 Å². The van der Waals surface area contributed by atoms with Gasteiger partial charge in [0, 0.05) is 24.7 Å². The van der Waals surface area contributed by atoms with Gasteiger partial charge in [-0.05, 0) is 31.4 Å². The number of hydrogen-bond donors (Lipinski definition) is 1. The molecule has 0 saturated carbocycles. The largest absolute Gasteiger partial charge is 0.341 e. The Morgan fingerprint density at radius 2 is 2.10 bits per heavy atom. The van der Waals surface area contributed by atoms with Gasteiger partial charge in [0.05, 0.1) is 0 Å². The summed E-state index contributed by atoms with van der Waals surface area (Å²) in [7, 11) is 0. The zero-order valence-corrected chi connectivity index (χ0v) is 12.4. The molecule has 0 radical (unpaired) electrons. The third-order valence-corrected chi connectivity index (χ3v) is 3.69. The lowest BCUT2D eigenvalue weighted by Crippen LogP contribution is -2.36. The first-order valence-corrected chi connectivity index (χ1v) is 7.29. The van der Waals surface area contributed by atoms with Crippen molar-refractivity contribution in [1.29, 1.82) is 0 Å². The monoisotopic (exact) mass is 274 g/mol. The molecular formula is C16H22N2O2. The predicted molar refractivity (Wildman–Crippen MR) is 79.6 cm³/mol. The minimum atomic E-state index is -0.524. The predicted octanol–water partition coefficient (Wildman–Crippen LogP) is 2.57. The lowest BCUT2D eigenvalue weighted by Gasteiger charge is -2.15. The number of nitrogens with one attached hydrogen (secondary N) is 1.